The second-order valence-corrected chi connectivity index (χ2v) is 9.80. The molecule has 3 rings (SSSR count). The average Bonchev–Trinajstić information content (AvgIpc) is 2.73. The number of aryl methyl sites for hydroxylation is 1. The summed E-state index contributed by atoms with van der Waals surface area (Å²) in [5.74, 6) is 0.247. The van der Waals surface area contributed by atoms with Crippen molar-refractivity contribution in [3.63, 3.8) is 0 Å². The van der Waals surface area contributed by atoms with Crippen molar-refractivity contribution in [1.29, 1.82) is 0 Å². The maximum absolute atomic E-state index is 13.7. The summed E-state index contributed by atoms with van der Waals surface area (Å²) in [5.41, 5.74) is 0.852. The van der Waals surface area contributed by atoms with E-state index in [1.54, 1.807) is 12.1 Å². The van der Waals surface area contributed by atoms with Gasteiger partial charge in [-0.25, -0.2) is 8.42 Å². The van der Waals surface area contributed by atoms with Crippen LogP contribution >= 0.6 is 0 Å². The molecule has 0 unspecified atom stereocenters. The molecule has 1 saturated carbocycles. The molecule has 1 aromatic rings. The fourth-order valence-corrected chi connectivity index (χ4v) is 6.14. The van der Waals surface area contributed by atoms with Crippen LogP contribution in [0.3, 0.4) is 0 Å². The minimum Gasteiger partial charge on any atom is -0.495 e. The zero-order chi connectivity index (χ0) is 20.1. The van der Waals surface area contributed by atoms with Gasteiger partial charge in [-0.2, -0.15) is 4.31 Å². The number of hydrogen-bond donors (Lipinski definition) is 0. The van der Waals surface area contributed by atoms with Gasteiger partial charge in [0.25, 0.3) is 0 Å². The van der Waals surface area contributed by atoms with E-state index < -0.39 is 10.0 Å². The van der Waals surface area contributed by atoms with Gasteiger partial charge in [0.2, 0.25) is 15.9 Å². The maximum atomic E-state index is 13.7. The number of carbonyl (C=O) groups is 1. The van der Waals surface area contributed by atoms with E-state index in [0.717, 1.165) is 70.0 Å². The summed E-state index contributed by atoms with van der Waals surface area (Å²) in [6, 6.07) is 5.04. The second kappa shape index (κ2) is 9.27. The van der Waals surface area contributed by atoms with Gasteiger partial charge in [0.05, 0.1) is 13.7 Å². The number of benzene rings is 1. The molecular formula is C21H32N2O4S. The fourth-order valence-electron chi connectivity index (χ4n) is 4.27. The summed E-state index contributed by atoms with van der Waals surface area (Å²) in [5, 5.41) is 0. The Kier molecular flexibility index (Phi) is 6.99. The van der Waals surface area contributed by atoms with Crippen LogP contribution < -0.4 is 4.74 Å². The van der Waals surface area contributed by atoms with Gasteiger partial charge in [0.15, 0.2) is 0 Å². The van der Waals surface area contributed by atoms with Crippen LogP contribution in [0.1, 0.15) is 56.9 Å². The van der Waals surface area contributed by atoms with Crippen LogP contribution in [-0.4, -0.2) is 56.3 Å². The lowest BCUT2D eigenvalue weighted by Gasteiger charge is -2.35. The van der Waals surface area contributed by atoms with E-state index in [0.29, 0.717) is 5.75 Å². The number of nitrogens with zero attached hydrogens (tertiary/aromatic N) is 2. The zero-order valence-electron chi connectivity index (χ0n) is 17.0. The van der Waals surface area contributed by atoms with Crippen LogP contribution in [-0.2, 0) is 14.8 Å². The molecule has 2 fully saturated rings. The molecule has 0 bridgehead atoms. The Morgan fingerprint density at radius 2 is 1.75 bits per heavy atom. The first kappa shape index (κ1) is 21.1. The van der Waals surface area contributed by atoms with Crippen molar-refractivity contribution in [2.45, 2.75) is 69.2 Å². The van der Waals surface area contributed by atoms with Crippen LogP contribution in [0.2, 0.25) is 0 Å². The molecule has 0 atom stereocenters. The monoisotopic (exact) mass is 408 g/mol. The summed E-state index contributed by atoms with van der Waals surface area (Å²) >= 11 is 0. The third-order valence-electron chi connectivity index (χ3n) is 5.89. The summed E-state index contributed by atoms with van der Waals surface area (Å²) in [4.78, 5) is 14.9. The molecule has 0 spiro atoms. The van der Waals surface area contributed by atoms with Crippen LogP contribution in [0.25, 0.3) is 0 Å². The van der Waals surface area contributed by atoms with E-state index in [1.807, 2.05) is 17.9 Å². The van der Waals surface area contributed by atoms with E-state index in [4.69, 9.17) is 4.74 Å². The lowest BCUT2D eigenvalue weighted by Crippen LogP contribution is -2.49. The first-order valence-electron chi connectivity index (χ1n) is 10.4. The highest BCUT2D eigenvalue weighted by molar-refractivity contribution is 7.89. The number of hydrogen-bond acceptors (Lipinski definition) is 4. The van der Waals surface area contributed by atoms with Crippen LogP contribution in [0.4, 0.5) is 0 Å². The van der Waals surface area contributed by atoms with Crippen LogP contribution in [0, 0.1) is 6.92 Å². The number of amides is 1. The molecule has 1 saturated heterocycles. The third kappa shape index (κ3) is 4.69. The minimum atomic E-state index is -3.84. The summed E-state index contributed by atoms with van der Waals surface area (Å²) in [7, 11) is -2.36. The molecule has 1 aromatic carbocycles. The number of piperidine rings is 1. The van der Waals surface area contributed by atoms with Gasteiger partial charge in [-0.3, -0.25) is 4.79 Å². The summed E-state index contributed by atoms with van der Waals surface area (Å²) < 4.78 is 34.1. The van der Waals surface area contributed by atoms with Gasteiger partial charge in [0, 0.05) is 19.1 Å². The fraction of sp³-hybridized carbons (Fsp3) is 0.667. The molecular weight excluding hydrogens is 376 g/mol. The van der Waals surface area contributed by atoms with Gasteiger partial charge in [-0.15, -0.1) is 0 Å². The first-order chi connectivity index (χ1) is 13.4. The molecule has 1 heterocycles. The van der Waals surface area contributed by atoms with Gasteiger partial charge in [-0.05, 0) is 56.7 Å². The molecule has 7 heteroatoms. The molecule has 0 radical (unpaired) electrons. The highest BCUT2D eigenvalue weighted by Gasteiger charge is 2.36. The summed E-state index contributed by atoms with van der Waals surface area (Å²) in [6.07, 6.45) is 7.86. The molecule has 156 valence electrons. The molecule has 1 aliphatic heterocycles. The molecule has 6 nitrogen and oxygen atoms in total. The number of rotatable bonds is 6. The third-order valence-corrected chi connectivity index (χ3v) is 7.81. The number of methoxy groups -OCH3 is 1. The number of likely N-dealkylation sites (tertiary alicyclic amines) is 1. The van der Waals surface area contributed by atoms with Crippen molar-refractivity contribution in [3.05, 3.63) is 23.8 Å². The number of ether oxygens (including phenoxy) is 1. The van der Waals surface area contributed by atoms with E-state index in [9.17, 15) is 13.2 Å². The Labute approximate surface area is 168 Å². The molecule has 1 aliphatic carbocycles. The van der Waals surface area contributed by atoms with Crippen molar-refractivity contribution in [3.8, 4) is 5.75 Å². The smallest absolute Gasteiger partial charge is 0.247 e. The molecule has 0 N–H and O–H groups in total. The standard InChI is InChI=1S/C21H32N2O4S/c1-17-11-12-19(27-2)20(15-17)28(25,26)23(18-9-5-3-6-10-18)16-21(24)22-13-7-4-8-14-22/h11-12,15,18H,3-10,13-14,16H2,1-2H3. The largest absolute Gasteiger partial charge is 0.495 e. The first-order valence-corrected chi connectivity index (χ1v) is 11.8. The quantitative estimate of drug-likeness (QED) is 0.724. The number of carbonyl (C=O) groups excluding carboxylic acids is 1. The Morgan fingerprint density at radius 3 is 2.39 bits per heavy atom. The average molecular weight is 409 g/mol. The lowest BCUT2D eigenvalue weighted by atomic mass is 9.95. The lowest BCUT2D eigenvalue weighted by molar-refractivity contribution is -0.132. The normalized spacial score (nSPS) is 19.0. The van der Waals surface area contributed by atoms with Gasteiger partial charge >= 0.3 is 0 Å². The molecule has 1 amide bonds. The highest BCUT2D eigenvalue weighted by atomic mass is 32.2. The predicted molar refractivity (Wildman–Crippen MR) is 109 cm³/mol. The van der Waals surface area contributed by atoms with Crippen molar-refractivity contribution >= 4 is 15.9 Å². The van der Waals surface area contributed by atoms with Gasteiger partial charge in [-0.1, -0.05) is 25.3 Å². The molecule has 28 heavy (non-hydrogen) atoms. The molecule has 0 aromatic heterocycles. The Morgan fingerprint density at radius 1 is 1.11 bits per heavy atom. The summed E-state index contributed by atoms with van der Waals surface area (Å²) in [6.45, 7) is 3.24. The van der Waals surface area contributed by atoms with Crippen molar-refractivity contribution < 1.29 is 17.9 Å². The van der Waals surface area contributed by atoms with Crippen LogP contribution in [0.15, 0.2) is 23.1 Å². The molecule has 2 aliphatic rings. The Hall–Kier alpha value is -1.60. The SMILES string of the molecule is COc1ccc(C)cc1S(=O)(=O)N(CC(=O)N1CCCCC1)C1CCCCC1. The minimum absolute atomic E-state index is 0.0793. The van der Waals surface area contributed by atoms with Gasteiger partial charge in [0.1, 0.15) is 10.6 Å². The van der Waals surface area contributed by atoms with Crippen molar-refractivity contribution in [1.82, 2.24) is 9.21 Å². The second-order valence-electron chi connectivity index (χ2n) is 7.94. The Bertz CT molecular complexity index is 782. The van der Waals surface area contributed by atoms with Crippen LogP contribution in [0.5, 0.6) is 5.75 Å². The Balaban J connectivity index is 1.93. The van der Waals surface area contributed by atoms with Gasteiger partial charge < -0.3 is 9.64 Å². The number of sulfonamides is 1. The predicted octanol–water partition coefficient (Wildman–Crippen LogP) is 3.34. The van der Waals surface area contributed by atoms with Crippen molar-refractivity contribution in [2.75, 3.05) is 26.7 Å². The highest BCUT2D eigenvalue weighted by Crippen LogP contribution is 2.32. The maximum Gasteiger partial charge on any atom is 0.247 e. The van der Waals surface area contributed by atoms with E-state index >= 15 is 0 Å². The van der Waals surface area contributed by atoms with Crippen molar-refractivity contribution in [2.24, 2.45) is 0 Å². The zero-order valence-corrected chi connectivity index (χ0v) is 17.8. The topological polar surface area (TPSA) is 66.9 Å². The van der Waals surface area contributed by atoms with E-state index in [-0.39, 0.29) is 23.4 Å². The van der Waals surface area contributed by atoms with E-state index in [1.165, 1.54) is 11.4 Å². The van der Waals surface area contributed by atoms with E-state index in [2.05, 4.69) is 0 Å².